The van der Waals surface area contributed by atoms with Crippen LogP contribution in [0.15, 0.2) is 61.2 Å². The Morgan fingerprint density at radius 3 is 2.45 bits per heavy atom. The Bertz CT molecular complexity index is 1170. The molecule has 0 saturated carbocycles. The van der Waals surface area contributed by atoms with Gasteiger partial charge in [0.05, 0.1) is 14.2 Å². The fourth-order valence-electron chi connectivity index (χ4n) is 2.59. The van der Waals surface area contributed by atoms with Gasteiger partial charge in [-0.1, -0.05) is 18.6 Å². The molecule has 2 aromatic carbocycles. The van der Waals surface area contributed by atoms with Crippen LogP contribution in [0.1, 0.15) is 21.6 Å². The summed E-state index contributed by atoms with van der Waals surface area (Å²) < 4.78 is 10.5. The zero-order chi connectivity index (χ0) is 22.2. The number of amides is 2. The van der Waals surface area contributed by atoms with Gasteiger partial charge in [-0.05, 0) is 42.3 Å². The Labute approximate surface area is 179 Å². The molecule has 0 radical (unpaired) electrons. The van der Waals surface area contributed by atoms with Gasteiger partial charge in [0.1, 0.15) is 17.2 Å². The second-order valence-electron chi connectivity index (χ2n) is 6.25. The molecule has 3 N–H and O–H groups in total. The van der Waals surface area contributed by atoms with E-state index in [1.807, 2.05) is 0 Å². The minimum Gasteiger partial charge on any atom is -0.497 e. The van der Waals surface area contributed by atoms with E-state index < -0.39 is 0 Å². The Balaban J connectivity index is 1.71. The first-order valence-corrected chi connectivity index (χ1v) is 9.16. The summed E-state index contributed by atoms with van der Waals surface area (Å²) in [5.74, 6) is 6.79. The molecular formula is C23H20N4O4. The van der Waals surface area contributed by atoms with Crippen molar-refractivity contribution in [3.8, 4) is 23.3 Å². The minimum atomic E-state index is -0.377. The predicted octanol–water partition coefficient (Wildman–Crippen LogP) is 3.20. The first-order chi connectivity index (χ1) is 15.0. The van der Waals surface area contributed by atoms with Crippen LogP contribution in [0.2, 0.25) is 0 Å². The number of H-pyrrole nitrogens is 1. The van der Waals surface area contributed by atoms with Crippen molar-refractivity contribution in [2.24, 2.45) is 0 Å². The Hall–Kier alpha value is -4.51. The molecule has 0 atom stereocenters. The summed E-state index contributed by atoms with van der Waals surface area (Å²) >= 11 is 0. The second-order valence-corrected chi connectivity index (χ2v) is 6.25. The van der Waals surface area contributed by atoms with Gasteiger partial charge in [-0.3, -0.25) is 14.7 Å². The molecule has 1 heterocycles. The molecule has 0 unspecified atom stereocenters. The van der Waals surface area contributed by atoms with Crippen molar-refractivity contribution in [2.75, 3.05) is 24.9 Å². The normalized spacial score (nSPS) is 9.74. The number of methoxy groups -OCH3 is 2. The first-order valence-electron chi connectivity index (χ1n) is 9.16. The lowest BCUT2D eigenvalue weighted by Crippen LogP contribution is -2.13. The molecule has 8 heteroatoms. The fourth-order valence-corrected chi connectivity index (χ4v) is 2.59. The number of rotatable bonds is 6. The Morgan fingerprint density at radius 2 is 1.77 bits per heavy atom. The molecule has 3 aromatic rings. The third-order valence-electron chi connectivity index (χ3n) is 4.09. The molecule has 0 aliphatic heterocycles. The van der Waals surface area contributed by atoms with Crippen LogP contribution >= 0.6 is 0 Å². The number of hydrogen-bond acceptors (Lipinski definition) is 5. The van der Waals surface area contributed by atoms with Crippen LogP contribution in [0.4, 0.5) is 11.5 Å². The summed E-state index contributed by atoms with van der Waals surface area (Å²) in [6.45, 7) is 3.40. The van der Waals surface area contributed by atoms with Gasteiger partial charge in [0.2, 0.25) is 5.91 Å². The molecule has 0 spiro atoms. The van der Waals surface area contributed by atoms with Crippen LogP contribution in [0.5, 0.6) is 11.5 Å². The zero-order valence-electron chi connectivity index (χ0n) is 17.0. The van der Waals surface area contributed by atoms with Crippen LogP contribution in [0.3, 0.4) is 0 Å². The van der Waals surface area contributed by atoms with Crippen molar-refractivity contribution in [3.05, 3.63) is 78.0 Å². The number of anilines is 2. The summed E-state index contributed by atoms with van der Waals surface area (Å²) in [5, 5.41) is 12.1. The maximum atomic E-state index is 12.5. The predicted molar refractivity (Wildman–Crippen MR) is 117 cm³/mol. The Kier molecular flexibility index (Phi) is 6.71. The van der Waals surface area contributed by atoms with Gasteiger partial charge < -0.3 is 20.1 Å². The molecule has 3 rings (SSSR count). The van der Waals surface area contributed by atoms with E-state index in [0.29, 0.717) is 39.8 Å². The zero-order valence-corrected chi connectivity index (χ0v) is 17.0. The van der Waals surface area contributed by atoms with Crippen LogP contribution in [-0.2, 0) is 4.79 Å². The lowest BCUT2D eigenvalue weighted by atomic mass is 10.2. The fraction of sp³-hybridized carbons (Fsp3) is 0.0870. The third-order valence-corrected chi connectivity index (χ3v) is 4.09. The number of aromatic nitrogens is 2. The van der Waals surface area contributed by atoms with Crippen molar-refractivity contribution in [1.29, 1.82) is 0 Å². The SMILES string of the molecule is C=CC(=O)Nc1cccc(C(=O)Nc2cc(C#Cc3cc(OC)cc(OC)c3)[nH]n2)c1. The Morgan fingerprint density at radius 1 is 1.03 bits per heavy atom. The topological polar surface area (TPSA) is 105 Å². The van der Waals surface area contributed by atoms with E-state index in [0.717, 1.165) is 6.08 Å². The maximum absolute atomic E-state index is 12.5. The van der Waals surface area contributed by atoms with Crippen molar-refractivity contribution < 1.29 is 19.1 Å². The highest BCUT2D eigenvalue weighted by Gasteiger charge is 2.09. The summed E-state index contributed by atoms with van der Waals surface area (Å²) in [6.07, 6.45) is 1.15. The maximum Gasteiger partial charge on any atom is 0.256 e. The lowest BCUT2D eigenvalue weighted by molar-refractivity contribution is -0.111. The average Bonchev–Trinajstić information content (AvgIpc) is 3.24. The molecule has 1 aromatic heterocycles. The number of aromatic amines is 1. The molecular weight excluding hydrogens is 396 g/mol. The number of ether oxygens (including phenoxy) is 2. The van der Waals surface area contributed by atoms with E-state index in [2.05, 4.69) is 39.3 Å². The number of nitrogens with zero attached hydrogens (tertiary/aromatic N) is 1. The highest BCUT2D eigenvalue weighted by Crippen LogP contribution is 2.22. The number of carbonyl (C=O) groups is 2. The molecule has 0 aliphatic rings. The molecule has 156 valence electrons. The van der Waals surface area contributed by atoms with Crippen LogP contribution < -0.4 is 20.1 Å². The van der Waals surface area contributed by atoms with Gasteiger partial charge in [0, 0.05) is 28.9 Å². The van der Waals surface area contributed by atoms with Gasteiger partial charge in [-0.2, -0.15) is 5.10 Å². The van der Waals surface area contributed by atoms with Crippen LogP contribution in [0, 0.1) is 11.8 Å². The molecule has 8 nitrogen and oxygen atoms in total. The smallest absolute Gasteiger partial charge is 0.256 e. The van der Waals surface area contributed by atoms with Crippen molar-refractivity contribution in [3.63, 3.8) is 0 Å². The third kappa shape index (κ3) is 5.74. The lowest BCUT2D eigenvalue weighted by Gasteiger charge is -2.05. The largest absolute Gasteiger partial charge is 0.497 e. The quantitative estimate of drug-likeness (QED) is 0.423. The molecule has 31 heavy (non-hydrogen) atoms. The van der Waals surface area contributed by atoms with Crippen molar-refractivity contribution >= 4 is 23.3 Å². The van der Waals surface area contributed by atoms with Gasteiger partial charge in [0.15, 0.2) is 5.82 Å². The van der Waals surface area contributed by atoms with Gasteiger partial charge in [-0.15, -0.1) is 0 Å². The van der Waals surface area contributed by atoms with Crippen LogP contribution in [0.25, 0.3) is 0 Å². The monoisotopic (exact) mass is 416 g/mol. The first kappa shape index (κ1) is 21.2. The van der Waals surface area contributed by atoms with E-state index in [9.17, 15) is 9.59 Å². The van der Waals surface area contributed by atoms with E-state index in [1.54, 1.807) is 62.8 Å². The van der Waals surface area contributed by atoms with Crippen molar-refractivity contribution in [2.45, 2.75) is 0 Å². The van der Waals surface area contributed by atoms with Gasteiger partial charge in [-0.25, -0.2) is 0 Å². The van der Waals surface area contributed by atoms with Crippen molar-refractivity contribution in [1.82, 2.24) is 10.2 Å². The number of hydrogen-bond donors (Lipinski definition) is 3. The molecule has 0 saturated heterocycles. The molecule has 2 amide bonds. The molecule has 0 aliphatic carbocycles. The summed E-state index contributed by atoms with van der Waals surface area (Å²) in [7, 11) is 3.14. The van der Waals surface area contributed by atoms with E-state index in [4.69, 9.17) is 9.47 Å². The minimum absolute atomic E-state index is 0.318. The highest BCUT2D eigenvalue weighted by molar-refractivity contribution is 6.05. The van der Waals surface area contributed by atoms with Gasteiger partial charge in [0.25, 0.3) is 5.91 Å². The van der Waals surface area contributed by atoms with Crippen LogP contribution in [-0.4, -0.2) is 36.2 Å². The van der Waals surface area contributed by atoms with E-state index in [-0.39, 0.29) is 11.8 Å². The van der Waals surface area contributed by atoms with E-state index in [1.165, 1.54) is 0 Å². The summed E-state index contributed by atoms with van der Waals surface area (Å²) in [4.78, 5) is 23.9. The number of benzene rings is 2. The number of nitrogens with one attached hydrogen (secondary N) is 3. The number of carbonyl (C=O) groups excluding carboxylic acids is 2. The van der Waals surface area contributed by atoms with E-state index >= 15 is 0 Å². The second kappa shape index (κ2) is 9.80. The average molecular weight is 416 g/mol. The molecule has 0 fully saturated rings. The highest BCUT2D eigenvalue weighted by atomic mass is 16.5. The van der Waals surface area contributed by atoms with Gasteiger partial charge >= 0.3 is 0 Å². The summed E-state index contributed by atoms with van der Waals surface area (Å²) in [5.41, 5.74) is 2.07. The standard InChI is InChI=1S/C23H20N4O4/c1-4-22(28)24-17-7-5-6-16(12-17)23(29)25-21-13-18(26-27-21)9-8-15-10-19(30-2)14-20(11-15)31-3/h4-7,10-14H,1H2,2-3H3,(H,24,28)(H2,25,26,27,29). The summed E-state index contributed by atoms with van der Waals surface area (Å²) in [6, 6.07) is 13.5. The molecule has 0 bridgehead atoms.